The standard InChI is InChI=1S/C14H17BrN4/c1-19-14(10-6-7-12(16)11(15)8-10)17-13(18-19)9-4-2-3-5-9/h6-9H,2-5,16H2,1H3. The number of rotatable bonds is 2. The first kappa shape index (κ1) is 12.7. The minimum absolute atomic E-state index is 0.539. The number of hydrogen-bond donors (Lipinski definition) is 1. The van der Waals surface area contributed by atoms with Crippen LogP contribution >= 0.6 is 15.9 Å². The zero-order valence-corrected chi connectivity index (χ0v) is 12.5. The molecule has 1 aliphatic rings. The molecule has 1 aliphatic carbocycles. The normalized spacial score (nSPS) is 16.1. The molecule has 100 valence electrons. The highest BCUT2D eigenvalue weighted by molar-refractivity contribution is 9.10. The lowest BCUT2D eigenvalue weighted by Crippen LogP contribution is -1.97. The molecule has 1 aromatic carbocycles. The molecular weight excluding hydrogens is 304 g/mol. The minimum atomic E-state index is 0.539. The van der Waals surface area contributed by atoms with Gasteiger partial charge in [0, 0.05) is 28.7 Å². The number of nitrogen functional groups attached to an aromatic ring is 1. The zero-order valence-electron chi connectivity index (χ0n) is 10.9. The van der Waals surface area contributed by atoms with Crippen LogP contribution in [0.25, 0.3) is 11.4 Å². The van der Waals surface area contributed by atoms with E-state index in [2.05, 4.69) is 21.0 Å². The van der Waals surface area contributed by atoms with Gasteiger partial charge >= 0.3 is 0 Å². The summed E-state index contributed by atoms with van der Waals surface area (Å²) in [5.74, 6) is 2.43. The van der Waals surface area contributed by atoms with Gasteiger partial charge in [0.15, 0.2) is 11.6 Å². The number of halogens is 1. The van der Waals surface area contributed by atoms with E-state index in [0.29, 0.717) is 5.92 Å². The molecule has 1 fully saturated rings. The van der Waals surface area contributed by atoms with Gasteiger partial charge < -0.3 is 5.73 Å². The Balaban J connectivity index is 1.97. The highest BCUT2D eigenvalue weighted by atomic mass is 79.9. The number of nitrogens with zero attached hydrogens (tertiary/aromatic N) is 3. The van der Waals surface area contributed by atoms with E-state index >= 15 is 0 Å². The van der Waals surface area contributed by atoms with Crippen LogP contribution in [-0.2, 0) is 7.05 Å². The van der Waals surface area contributed by atoms with Crippen molar-refractivity contribution in [3.8, 4) is 11.4 Å². The van der Waals surface area contributed by atoms with E-state index in [1.54, 1.807) is 0 Å². The lowest BCUT2D eigenvalue weighted by atomic mass is 10.1. The molecule has 5 heteroatoms. The number of aromatic nitrogens is 3. The van der Waals surface area contributed by atoms with Crippen LogP contribution in [0.15, 0.2) is 22.7 Å². The predicted molar refractivity (Wildman–Crippen MR) is 79.8 cm³/mol. The zero-order chi connectivity index (χ0) is 13.4. The van der Waals surface area contributed by atoms with Gasteiger partial charge in [0.05, 0.1) is 0 Å². The van der Waals surface area contributed by atoms with Gasteiger partial charge in [-0.25, -0.2) is 9.67 Å². The number of benzene rings is 1. The SMILES string of the molecule is Cn1nc(C2CCCC2)nc1-c1ccc(N)c(Br)c1. The van der Waals surface area contributed by atoms with E-state index in [9.17, 15) is 0 Å². The first-order valence-electron chi connectivity index (χ1n) is 6.61. The Morgan fingerprint density at radius 3 is 2.74 bits per heavy atom. The Kier molecular flexibility index (Phi) is 3.31. The van der Waals surface area contributed by atoms with E-state index in [1.165, 1.54) is 25.7 Å². The summed E-state index contributed by atoms with van der Waals surface area (Å²) in [5, 5.41) is 4.58. The number of anilines is 1. The maximum Gasteiger partial charge on any atom is 0.158 e. The second-order valence-corrected chi connectivity index (χ2v) is 5.99. The molecule has 1 saturated carbocycles. The number of aryl methyl sites for hydroxylation is 1. The average molecular weight is 321 g/mol. The summed E-state index contributed by atoms with van der Waals surface area (Å²) in [6.07, 6.45) is 5.03. The van der Waals surface area contributed by atoms with Crippen molar-refractivity contribution in [3.05, 3.63) is 28.5 Å². The van der Waals surface area contributed by atoms with Crippen molar-refractivity contribution in [2.45, 2.75) is 31.6 Å². The van der Waals surface area contributed by atoms with Crippen molar-refractivity contribution >= 4 is 21.6 Å². The Hall–Kier alpha value is -1.36. The highest BCUT2D eigenvalue weighted by Crippen LogP contribution is 2.33. The minimum Gasteiger partial charge on any atom is -0.398 e. The van der Waals surface area contributed by atoms with Gasteiger partial charge in [-0.2, -0.15) is 5.10 Å². The summed E-state index contributed by atoms with van der Waals surface area (Å²) >= 11 is 3.46. The molecule has 0 spiro atoms. The van der Waals surface area contributed by atoms with E-state index in [1.807, 2.05) is 29.9 Å². The quantitative estimate of drug-likeness (QED) is 0.862. The number of hydrogen-bond acceptors (Lipinski definition) is 3. The molecule has 2 N–H and O–H groups in total. The lowest BCUT2D eigenvalue weighted by molar-refractivity contribution is 0.648. The van der Waals surface area contributed by atoms with Crippen molar-refractivity contribution in [1.82, 2.24) is 14.8 Å². The first-order chi connectivity index (χ1) is 9.15. The molecule has 0 unspecified atom stereocenters. The second kappa shape index (κ2) is 4.96. The van der Waals surface area contributed by atoms with Crippen molar-refractivity contribution in [1.29, 1.82) is 0 Å². The monoisotopic (exact) mass is 320 g/mol. The summed E-state index contributed by atoms with van der Waals surface area (Å²) < 4.78 is 2.77. The van der Waals surface area contributed by atoms with Crippen LogP contribution in [0, 0.1) is 0 Å². The lowest BCUT2D eigenvalue weighted by Gasteiger charge is -2.03. The Labute approximate surface area is 121 Å². The van der Waals surface area contributed by atoms with Gasteiger partial charge in [0.2, 0.25) is 0 Å². The van der Waals surface area contributed by atoms with Crippen LogP contribution < -0.4 is 5.73 Å². The number of nitrogens with two attached hydrogens (primary N) is 1. The third kappa shape index (κ3) is 2.39. The van der Waals surface area contributed by atoms with Gasteiger partial charge in [-0.15, -0.1) is 0 Å². The van der Waals surface area contributed by atoms with Crippen molar-refractivity contribution in [2.75, 3.05) is 5.73 Å². The average Bonchev–Trinajstić information content (AvgIpc) is 3.01. The van der Waals surface area contributed by atoms with Crippen molar-refractivity contribution < 1.29 is 0 Å². The van der Waals surface area contributed by atoms with E-state index in [0.717, 1.165) is 27.4 Å². The summed E-state index contributed by atoms with van der Waals surface area (Å²) in [7, 11) is 1.95. The Bertz CT molecular complexity index is 599. The predicted octanol–water partition coefficient (Wildman–Crippen LogP) is 3.48. The fourth-order valence-electron chi connectivity index (χ4n) is 2.68. The first-order valence-corrected chi connectivity index (χ1v) is 7.41. The Morgan fingerprint density at radius 1 is 1.32 bits per heavy atom. The maximum absolute atomic E-state index is 5.82. The summed E-state index contributed by atoms with van der Waals surface area (Å²) in [6.45, 7) is 0. The van der Waals surface area contributed by atoms with E-state index in [4.69, 9.17) is 10.7 Å². The molecule has 1 heterocycles. The van der Waals surface area contributed by atoms with Crippen molar-refractivity contribution in [2.24, 2.45) is 7.05 Å². The molecule has 4 nitrogen and oxygen atoms in total. The summed E-state index contributed by atoms with van der Waals surface area (Å²) in [5.41, 5.74) is 7.60. The molecule has 0 amide bonds. The second-order valence-electron chi connectivity index (χ2n) is 5.13. The largest absolute Gasteiger partial charge is 0.398 e. The van der Waals surface area contributed by atoms with Gasteiger partial charge in [0.25, 0.3) is 0 Å². The van der Waals surface area contributed by atoms with Gasteiger partial charge in [-0.05, 0) is 47.0 Å². The molecule has 1 aromatic heterocycles. The van der Waals surface area contributed by atoms with Crippen LogP contribution in [0.1, 0.15) is 37.4 Å². The third-order valence-corrected chi connectivity index (χ3v) is 4.45. The molecule has 0 bridgehead atoms. The summed E-state index contributed by atoms with van der Waals surface area (Å²) in [4.78, 5) is 4.72. The van der Waals surface area contributed by atoms with Crippen LogP contribution in [0.5, 0.6) is 0 Å². The van der Waals surface area contributed by atoms with Crippen LogP contribution in [0.3, 0.4) is 0 Å². The van der Waals surface area contributed by atoms with Gasteiger partial charge in [-0.1, -0.05) is 12.8 Å². The van der Waals surface area contributed by atoms with E-state index < -0.39 is 0 Å². The van der Waals surface area contributed by atoms with Crippen LogP contribution in [-0.4, -0.2) is 14.8 Å². The molecule has 0 aliphatic heterocycles. The highest BCUT2D eigenvalue weighted by Gasteiger charge is 2.22. The molecule has 3 rings (SSSR count). The maximum atomic E-state index is 5.82. The molecule has 0 atom stereocenters. The smallest absolute Gasteiger partial charge is 0.158 e. The summed E-state index contributed by atoms with van der Waals surface area (Å²) in [6, 6.07) is 5.88. The van der Waals surface area contributed by atoms with Crippen LogP contribution in [0.2, 0.25) is 0 Å². The molecule has 0 saturated heterocycles. The van der Waals surface area contributed by atoms with Gasteiger partial charge in [0.1, 0.15) is 0 Å². The third-order valence-electron chi connectivity index (χ3n) is 3.76. The van der Waals surface area contributed by atoms with Crippen molar-refractivity contribution in [3.63, 3.8) is 0 Å². The molecule has 19 heavy (non-hydrogen) atoms. The Morgan fingerprint density at radius 2 is 2.05 bits per heavy atom. The molecule has 2 aromatic rings. The molecular formula is C14H17BrN4. The fourth-order valence-corrected chi connectivity index (χ4v) is 3.06. The van der Waals surface area contributed by atoms with E-state index in [-0.39, 0.29) is 0 Å². The topological polar surface area (TPSA) is 56.7 Å². The van der Waals surface area contributed by atoms with Crippen LogP contribution in [0.4, 0.5) is 5.69 Å². The fraction of sp³-hybridized carbons (Fsp3) is 0.429. The van der Waals surface area contributed by atoms with Gasteiger partial charge in [-0.3, -0.25) is 0 Å². The molecule has 0 radical (unpaired) electrons.